The van der Waals surface area contributed by atoms with E-state index in [0.29, 0.717) is 0 Å². The zero-order chi connectivity index (χ0) is 5.70. The lowest BCUT2D eigenvalue weighted by Gasteiger charge is -1.98. The van der Waals surface area contributed by atoms with Gasteiger partial charge in [0.25, 0.3) is 0 Å². The molecule has 0 saturated carbocycles. The molecule has 3 heteroatoms. The van der Waals surface area contributed by atoms with Gasteiger partial charge >= 0.3 is 0 Å². The molecular weight excluding hydrogens is 90.1 g/mol. The third kappa shape index (κ3) is 4.96. The van der Waals surface area contributed by atoms with Gasteiger partial charge in [-0.2, -0.15) is 10.4 Å². The van der Waals surface area contributed by atoms with Crippen molar-refractivity contribution in [3.05, 3.63) is 0 Å². The van der Waals surface area contributed by atoms with Gasteiger partial charge in [-0.15, -0.1) is 0 Å². The van der Waals surface area contributed by atoms with Gasteiger partial charge < -0.3 is 5.01 Å². The average Bonchev–Trinajstić information content (AvgIpc) is 1.61. The van der Waals surface area contributed by atoms with Gasteiger partial charge in [0.05, 0.1) is 0 Å². The molecule has 0 radical (unpaired) electrons. The zero-order valence-corrected chi connectivity index (χ0v) is 4.42. The van der Waals surface area contributed by atoms with Crippen LogP contribution in [0, 0.1) is 11.3 Å². The van der Waals surface area contributed by atoms with Crippen molar-refractivity contribution in [2.45, 2.75) is 0 Å². The zero-order valence-electron chi connectivity index (χ0n) is 4.42. The molecule has 0 aliphatic carbocycles. The third-order valence-electron chi connectivity index (χ3n) is 0.346. The van der Waals surface area contributed by atoms with E-state index in [0.717, 1.165) is 0 Å². The number of rotatable bonds is 1. The minimum absolute atomic E-state index is 1.18. The van der Waals surface area contributed by atoms with Crippen LogP contribution in [-0.2, 0) is 0 Å². The Balaban J connectivity index is 3.31. The summed E-state index contributed by atoms with van der Waals surface area (Å²) in [6, 6.07) is 1.77. The Morgan fingerprint density at radius 2 is 2.29 bits per heavy atom. The summed E-state index contributed by atoms with van der Waals surface area (Å²) in [6.07, 6.45) is 1.18. The van der Waals surface area contributed by atoms with Gasteiger partial charge in [0.15, 0.2) is 0 Å². The van der Waals surface area contributed by atoms with Gasteiger partial charge in [0, 0.05) is 14.1 Å². The first-order valence-electron chi connectivity index (χ1n) is 1.86. The molecule has 0 unspecified atom stereocenters. The van der Waals surface area contributed by atoms with Crippen LogP contribution in [-0.4, -0.2) is 25.3 Å². The summed E-state index contributed by atoms with van der Waals surface area (Å²) in [6.45, 7) is 0. The quantitative estimate of drug-likeness (QED) is 0.343. The van der Waals surface area contributed by atoms with Crippen molar-refractivity contribution in [1.82, 2.24) is 5.01 Å². The van der Waals surface area contributed by atoms with E-state index >= 15 is 0 Å². The lowest BCUT2D eigenvalue weighted by Crippen LogP contribution is -2.00. The van der Waals surface area contributed by atoms with Crippen molar-refractivity contribution < 1.29 is 0 Å². The highest BCUT2D eigenvalue weighted by atomic mass is 15.4. The SMILES string of the molecule is CN(C)N=CC#N. The molecule has 38 valence electrons. The topological polar surface area (TPSA) is 39.4 Å². The highest BCUT2D eigenvalue weighted by Gasteiger charge is 1.69. The molecular formula is C4H7N3. The molecule has 0 amide bonds. The van der Waals surface area contributed by atoms with Gasteiger partial charge in [0.2, 0.25) is 0 Å². The average molecular weight is 97.1 g/mol. The molecule has 0 aromatic heterocycles. The summed E-state index contributed by atoms with van der Waals surface area (Å²) in [5, 5.41) is 13.0. The van der Waals surface area contributed by atoms with Crippen molar-refractivity contribution in [3.63, 3.8) is 0 Å². The summed E-state index contributed by atoms with van der Waals surface area (Å²) >= 11 is 0. The van der Waals surface area contributed by atoms with Gasteiger partial charge in [0.1, 0.15) is 12.3 Å². The third-order valence-corrected chi connectivity index (χ3v) is 0.346. The first kappa shape index (κ1) is 5.96. The van der Waals surface area contributed by atoms with Gasteiger partial charge in [-0.25, -0.2) is 0 Å². The van der Waals surface area contributed by atoms with Crippen LogP contribution in [0.4, 0.5) is 0 Å². The summed E-state index contributed by atoms with van der Waals surface area (Å²) < 4.78 is 0. The maximum absolute atomic E-state index is 7.89. The molecule has 0 bridgehead atoms. The largest absolute Gasteiger partial charge is 0.302 e. The summed E-state index contributed by atoms with van der Waals surface area (Å²) in [7, 11) is 3.52. The van der Waals surface area contributed by atoms with Crippen LogP contribution < -0.4 is 0 Å². The Morgan fingerprint density at radius 1 is 1.71 bits per heavy atom. The standard InChI is InChI=1S/C4H7N3/c1-7(2)6-4-3-5/h4H,1-2H3. The van der Waals surface area contributed by atoms with Crippen molar-refractivity contribution in [2.24, 2.45) is 5.10 Å². The Kier molecular flexibility index (Phi) is 2.69. The van der Waals surface area contributed by atoms with E-state index < -0.39 is 0 Å². The predicted octanol–water partition coefficient (Wildman–Crippen LogP) is 0.0574. The molecule has 0 heterocycles. The van der Waals surface area contributed by atoms with Gasteiger partial charge in [-0.05, 0) is 0 Å². The van der Waals surface area contributed by atoms with Crippen molar-refractivity contribution >= 4 is 6.21 Å². The van der Waals surface area contributed by atoms with Crippen LogP contribution in [0.5, 0.6) is 0 Å². The highest BCUT2D eigenvalue weighted by molar-refractivity contribution is 5.74. The molecule has 0 spiro atoms. The van der Waals surface area contributed by atoms with Gasteiger partial charge in [-0.3, -0.25) is 0 Å². The van der Waals surface area contributed by atoms with Crippen LogP contribution >= 0.6 is 0 Å². The monoisotopic (exact) mass is 97.1 g/mol. The fourth-order valence-corrected chi connectivity index (χ4v) is 0.141. The van der Waals surface area contributed by atoms with E-state index in [4.69, 9.17) is 5.26 Å². The molecule has 0 saturated heterocycles. The lowest BCUT2D eigenvalue weighted by molar-refractivity contribution is 0.441. The van der Waals surface area contributed by atoms with E-state index in [1.165, 1.54) is 6.21 Å². The van der Waals surface area contributed by atoms with E-state index in [1.54, 1.807) is 25.2 Å². The molecule has 0 aliphatic rings. The number of hydrogen-bond acceptors (Lipinski definition) is 3. The fourth-order valence-electron chi connectivity index (χ4n) is 0.141. The summed E-state index contributed by atoms with van der Waals surface area (Å²) in [5.74, 6) is 0. The Bertz CT molecular complexity index is 98.0. The molecule has 0 fully saturated rings. The molecule has 7 heavy (non-hydrogen) atoms. The van der Waals surface area contributed by atoms with Crippen LogP contribution in [0.25, 0.3) is 0 Å². The smallest absolute Gasteiger partial charge is 0.124 e. The number of hydrazone groups is 1. The number of nitrogens with zero attached hydrogens (tertiary/aromatic N) is 3. The van der Waals surface area contributed by atoms with E-state index in [9.17, 15) is 0 Å². The number of hydrogen-bond donors (Lipinski definition) is 0. The maximum Gasteiger partial charge on any atom is 0.124 e. The second-order valence-electron chi connectivity index (χ2n) is 1.22. The highest BCUT2D eigenvalue weighted by Crippen LogP contribution is 1.67. The van der Waals surface area contributed by atoms with Crippen molar-refractivity contribution in [1.29, 1.82) is 5.26 Å². The Hall–Kier alpha value is -1.04. The van der Waals surface area contributed by atoms with Crippen LogP contribution in [0.2, 0.25) is 0 Å². The minimum atomic E-state index is 1.18. The molecule has 0 rings (SSSR count). The van der Waals surface area contributed by atoms with E-state index in [1.807, 2.05) is 0 Å². The summed E-state index contributed by atoms with van der Waals surface area (Å²) in [5.41, 5.74) is 0. The van der Waals surface area contributed by atoms with Crippen molar-refractivity contribution in [2.75, 3.05) is 14.1 Å². The maximum atomic E-state index is 7.89. The van der Waals surface area contributed by atoms with E-state index in [2.05, 4.69) is 5.10 Å². The fraction of sp³-hybridized carbons (Fsp3) is 0.500. The second kappa shape index (κ2) is 3.16. The lowest BCUT2D eigenvalue weighted by atomic mass is 10.9. The normalized spacial score (nSPS) is 8.71. The van der Waals surface area contributed by atoms with Crippen molar-refractivity contribution in [3.8, 4) is 6.07 Å². The first-order chi connectivity index (χ1) is 3.27. The van der Waals surface area contributed by atoms with Crippen LogP contribution in [0.1, 0.15) is 0 Å². The van der Waals surface area contributed by atoms with Crippen LogP contribution in [0.15, 0.2) is 5.10 Å². The number of nitriles is 1. The second-order valence-corrected chi connectivity index (χ2v) is 1.22. The minimum Gasteiger partial charge on any atom is -0.302 e. The molecule has 0 aromatic carbocycles. The molecule has 0 atom stereocenters. The molecule has 0 aliphatic heterocycles. The van der Waals surface area contributed by atoms with Gasteiger partial charge in [-0.1, -0.05) is 0 Å². The first-order valence-corrected chi connectivity index (χ1v) is 1.86. The van der Waals surface area contributed by atoms with E-state index in [-0.39, 0.29) is 0 Å². The molecule has 0 N–H and O–H groups in total. The predicted molar refractivity (Wildman–Crippen MR) is 27.8 cm³/mol. The summed E-state index contributed by atoms with van der Waals surface area (Å²) in [4.78, 5) is 0. The van der Waals surface area contributed by atoms with Crippen LogP contribution in [0.3, 0.4) is 0 Å². The molecule has 0 aromatic rings. The Morgan fingerprint density at radius 3 is 2.43 bits per heavy atom. The molecule has 3 nitrogen and oxygen atoms in total. The Labute approximate surface area is 42.9 Å².